The van der Waals surface area contributed by atoms with Crippen LogP contribution in [0.5, 0.6) is 5.88 Å². The van der Waals surface area contributed by atoms with Crippen molar-refractivity contribution in [3.8, 4) is 5.88 Å². The highest BCUT2D eigenvalue weighted by molar-refractivity contribution is 5.94. The number of aromatic nitrogens is 1. The van der Waals surface area contributed by atoms with E-state index in [-0.39, 0.29) is 17.9 Å². The number of carbonyl (C=O) groups is 2. The number of piperidine rings is 3. The normalized spacial score (nSPS) is 29.3. The van der Waals surface area contributed by atoms with Gasteiger partial charge in [-0.2, -0.15) is 0 Å². The van der Waals surface area contributed by atoms with E-state index in [4.69, 9.17) is 4.74 Å². The Morgan fingerprint density at radius 1 is 1.31 bits per heavy atom. The lowest BCUT2D eigenvalue weighted by Gasteiger charge is -2.56. The second-order valence-electron chi connectivity index (χ2n) is 8.64. The summed E-state index contributed by atoms with van der Waals surface area (Å²) in [7, 11) is 1.55. The number of hydrogen-bond donors (Lipinski definition) is 1. The molecule has 0 aliphatic carbocycles. The first-order chi connectivity index (χ1) is 14.1. The highest BCUT2D eigenvalue weighted by Gasteiger charge is 2.49. The fourth-order valence-corrected chi connectivity index (χ4v) is 5.57. The number of likely N-dealkylation sites (tertiary alicyclic amines) is 1. The first-order valence-electron chi connectivity index (χ1n) is 10.9. The fraction of sp³-hybridized carbons (Fsp3) is 0.682. The van der Waals surface area contributed by atoms with E-state index in [1.807, 2.05) is 0 Å². The molecule has 0 radical (unpaired) electrons. The first-order valence-corrected chi connectivity index (χ1v) is 10.9. The summed E-state index contributed by atoms with van der Waals surface area (Å²) in [4.78, 5) is 34.3. The summed E-state index contributed by atoms with van der Waals surface area (Å²) in [5, 5.41) is 3.08. The lowest BCUT2D eigenvalue weighted by molar-refractivity contribution is -0.152. The minimum absolute atomic E-state index is 0.0823. The first kappa shape index (κ1) is 20.1. The summed E-state index contributed by atoms with van der Waals surface area (Å²) in [5.41, 5.74) is 0.511. The number of fused-ring (bicyclic) bond motifs is 4. The molecule has 0 saturated carbocycles. The third kappa shape index (κ3) is 4.10. The van der Waals surface area contributed by atoms with Gasteiger partial charge in [0.05, 0.1) is 18.7 Å². The molecular formula is C22H32N4O3. The summed E-state index contributed by atoms with van der Waals surface area (Å²) < 4.78 is 5.06. The SMILES string of the molecule is CCCN1C[C@H]2C[C@@H](C1)[C@H](CNC(=O)c1ccc(OC)nc1)N1C(=O)CCC[C@@H]21. The Hall–Kier alpha value is -2.15. The van der Waals surface area contributed by atoms with Gasteiger partial charge in [0.1, 0.15) is 0 Å². The van der Waals surface area contributed by atoms with Crippen molar-refractivity contribution in [2.75, 3.05) is 33.3 Å². The molecule has 0 spiro atoms. The van der Waals surface area contributed by atoms with Crippen LogP contribution in [0.4, 0.5) is 0 Å². The molecule has 3 fully saturated rings. The summed E-state index contributed by atoms with van der Waals surface area (Å²) in [6.45, 7) is 5.97. The average molecular weight is 401 g/mol. The number of ether oxygens (including phenoxy) is 1. The minimum atomic E-state index is -0.149. The van der Waals surface area contributed by atoms with Crippen LogP contribution in [0, 0.1) is 11.8 Å². The number of methoxy groups -OCH3 is 1. The summed E-state index contributed by atoms with van der Waals surface area (Å²) >= 11 is 0. The Kier molecular flexibility index (Phi) is 6.04. The Bertz CT molecular complexity index is 736. The smallest absolute Gasteiger partial charge is 0.252 e. The van der Waals surface area contributed by atoms with Crippen LogP contribution in [0.2, 0.25) is 0 Å². The standard InChI is InChI=1S/C22H32N4O3/c1-3-9-25-13-16-10-17(14-25)19(26-18(16)5-4-6-21(26)27)12-24-22(28)15-7-8-20(29-2)23-11-15/h7-8,11,16-19H,3-6,9-10,12-14H2,1-2H3,(H,24,28)/t16-,17+,18+,19+/m1/s1. The van der Waals surface area contributed by atoms with Crippen LogP contribution in [-0.2, 0) is 4.79 Å². The van der Waals surface area contributed by atoms with E-state index in [1.165, 1.54) is 12.6 Å². The maximum absolute atomic E-state index is 12.8. The highest BCUT2D eigenvalue weighted by atomic mass is 16.5. The monoisotopic (exact) mass is 400 g/mol. The maximum atomic E-state index is 12.8. The van der Waals surface area contributed by atoms with Crippen LogP contribution < -0.4 is 10.1 Å². The van der Waals surface area contributed by atoms with Gasteiger partial charge >= 0.3 is 0 Å². The van der Waals surface area contributed by atoms with Crippen LogP contribution >= 0.6 is 0 Å². The fourth-order valence-electron chi connectivity index (χ4n) is 5.57. The van der Waals surface area contributed by atoms with Crippen molar-refractivity contribution in [3.63, 3.8) is 0 Å². The van der Waals surface area contributed by atoms with E-state index in [2.05, 4.69) is 27.0 Å². The molecule has 4 rings (SSSR count). The molecule has 1 N–H and O–H groups in total. The molecule has 158 valence electrons. The molecular weight excluding hydrogens is 368 g/mol. The molecule has 4 atom stereocenters. The van der Waals surface area contributed by atoms with Gasteiger partial charge in [0.2, 0.25) is 11.8 Å². The summed E-state index contributed by atoms with van der Waals surface area (Å²) in [5.74, 6) is 1.60. The average Bonchev–Trinajstić information content (AvgIpc) is 2.74. The Balaban J connectivity index is 1.48. The third-order valence-corrected chi connectivity index (χ3v) is 6.79. The number of rotatable bonds is 6. The highest BCUT2D eigenvalue weighted by Crippen LogP contribution is 2.41. The van der Waals surface area contributed by atoms with E-state index in [0.29, 0.717) is 42.3 Å². The minimum Gasteiger partial charge on any atom is -0.481 e. The predicted molar refractivity (Wildman–Crippen MR) is 110 cm³/mol. The van der Waals surface area contributed by atoms with Crippen molar-refractivity contribution in [1.29, 1.82) is 0 Å². The van der Waals surface area contributed by atoms with Gasteiger partial charge in [0.15, 0.2) is 0 Å². The molecule has 7 nitrogen and oxygen atoms in total. The largest absolute Gasteiger partial charge is 0.481 e. The molecule has 7 heteroatoms. The number of pyridine rings is 1. The van der Waals surface area contributed by atoms with Gasteiger partial charge in [-0.25, -0.2) is 4.98 Å². The van der Waals surface area contributed by atoms with E-state index in [9.17, 15) is 9.59 Å². The van der Waals surface area contributed by atoms with Gasteiger partial charge in [-0.3, -0.25) is 9.59 Å². The van der Waals surface area contributed by atoms with Crippen LogP contribution in [-0.4, -0.2) is 72.0 Å². The molecule has 0 unspecified atom stereocenters. The lowest BCUT2D eigenvalue weighted by Crippen LogP contribution is -2.67. The Morgan fingerprint density at radius 2 is 2.14 bits per heavy atom. The van der Waals surface area contributed by atoms with Gasteiger partial charge in [0, 0.05) is 44.4 Å². The van der Waals surface area contributed by atoms with E-state index in [0.717, 1.165) is 38.9 Å². The number of carbonyl (C=O) groups excluding carboxylic acids is 2. The number of nitrogens with zero attached hydrogens (tertiary/aromatic N) is 3. The topological polar surface area (TPSA) is 74.8 Å². The summed E-state index contributed by atoms with van der Waals surface area (Å²) in [6, 6.07) is 3.82. The molecule has 3 aliphatic heterocycles. The molecule has 29 heavy (non-hydrogen) atoms. The van der Waals surface area contributed by atoms with Gasteiger partial charge in [0.25, 0.3) is 5.91 Å². The van der Waals surface area contributed by atoms with Crippen LogP contribution in [0.15, 0.2) is 18.3 Å². The molecule has 3 aliphatic rings. The number of amides is 2. The van der Waals surface area contributed by atoms with Crippen molar-refractivity contribution < 1.29 is 14.3 Å². The number of hydrogen-bond acceptors (Lipinski definition) is 5. The summed E-state index contributed by atoms with van der Waals surface area (Å²) in [6.07, 6.45) is 6.57. The molecule has 0 aromatic carbocycles. The van der Waals surface area contributed by atoms with E-state index < -0.39 is 0 Å². The Morgan fingerprint density at radius 3 is 2.86 bits per heavy atom. The molecule has 1 aromatic rings. The predicted octanol–water partition coefficient (Wildman–Crippen LogP) is 1.93. The maximum Gasteiger partial charge on any atom is 0.252 e. The van der Waals surface area contributed by atoms with E-state index >= 15 is 0 Å². The Labute approximate surface area is 172 Å². The zero-order valence-corrected chi connectivity index (χ0v) is 17.5. The van der Waals surface area contributed by atoms with Crippen molar-refractivity contribution in [2.24, 2.45) is 11.8 Å². The zero-order chi connectivity index (χ0) is 20.4. The van der Waals surface area contributed by atoms with Crippen molar-refractivity contribution >= 4 is 11.8 Å². The molecule has 4 heterocycles. The van der Waals surface area contributed by atoms with Gasteiger partial charge in [-0.1, -0.05) is 6.92 Å². The second kappa shape index (κ2) is 8.69. The lowest BCUT2D eigenvalue weighted by atomic mass is 9.72. The van der Waals surface area contributed by atoms with E-state index in [1.54, 1.807) is 19.2 Å². The van der Waals surface area contributed by atoms with Crippen LogP contribution in [0.1, 0.15) is 49.4 Å². The van der Waals surface area contributed by atoms with Crippen LogP contribution in [0.25, 0.3) is 0 Å². The molecule has 2 bridgehead atoms. The van der Waals surface area contributed by atoms with Crippen molar-refractivity contribution in [2.45, 2.75) is 51.1 Å². The molecule has 2 amide bonds. The van der Waals surface area contributed by atoms with Gasteiger partial charge < -0.3 is 19.9 Å². The quantitative estimate of drug-likeness (QED) is 0.790. The van der Waals surface area contributed by atoms with Crippen molar-refractivity contribution in [1.82, 2.24) is 20.1 Å². The molecule has 1 aromatic heterocycles. The zero-order valence-electron chi connectivity index (χ0n) is 17.5. The molecule has 3 saturated heterocycles. The number of nitrogens with one attached hydrogen (secondary N) is 1. The second-order valence-corrected chi connectivity index (χ2v) is 8.64. The van der Waals surface area contributed by atoms with Crippen LogP contribution in [0.3, 0.4) is 0 Å². The van der Waals surface area contributed by atoms with Crippen molar-refractivity contribution in [3.05, 3.63) is 23.9 Å². The van der Waals surface area contributed by atoms with Gasteiger partial charge in [-0.05, 0) is 50.1 Å². The third-order valence-electron chi connectivity index (χ3n) is 6.79. The van der Waals surface area contributed by atoms with Gasteiger partial charge in [-0.15, -0.1) is 0 Å².